The van der Waals surface area contributed by atoms with Crippen molar-refractivity contribution in [2.45, 2.75) is 13.5 Å². The van der Waals surface area contributed by atoms with E-state index in [0.717, 1.165) is 44.1 Å². The zero-order chi connectivity index (χ0) is 14.4. The van der Waals surface area contributed by atoms with Crippen LogP contribution in [0.5, 0.6) is 0 Å². The summed E-state index contributed by atoms with van der Waals surface area (Å²) in [4.78, 5) is 14.3. The van der Waals surface area contributed by atoms with Gasteiger partial charge in [-0.2, -0.15) is 0 Å². The zero-order valence-corrected chi connectivity index (χ0v) is 12.0. The number of morpholine rings is 1. The third-order valence-electron chi connectivity index (χ3n) is 3.57. The van der Waals surface area contributed by atoms with Crippen molar-refractivity contribution in [2.24, 2.45) is 11.7 Å². The van der Waals surface area contributed by atoms with Crippen LogP contribution in [0.4, 0.5) is 5.69 Å². The minimum atomic E-state index is -0.175. The number of nitrogens with zero attached hydrogens (tertiary/aromatic N) is 1. The van der Waals surface area contributed by atoms with Crippen LogP contribution in [0.1, 0.15) is 12.5 Å². The second kappa shape index (κ2) is 7.38. The second-order valence-electron chi connectivity index (χ2n) is 5.17. The molecule has 0 aliphatic carbocycles. The van der Waals surface area contributed by atoms with Crippen LogP contribution in [0.25, 0.3) is 0 Å². The standard InChI is InChI=1S/C15H23N3O2/c1-12(10-16)15(19)17-14-5-3-2-4-13(14)11-18-6-8-20-9-7-18/h2-5,12H,6-11,16H2,1H3,(H,17,19). The van der Waals surface area contributed by atoms with Crippen molar-refractivity contribution in [2.75, 3.05) is 38.2 Å². The van der Waals surface area contributed by atoms with E-state index in [1.807, 2.05) is 25.1 Å². The third-order valence-corrected chi connectivity index (χ3v) is 3.57. The Morgan fingerprint density at radius 1 is 1.40 bits per heavy atom. The van der Waals surface area contributed by atoms with Gasteiger partial charge in [-0.15, -0.1) is 0 Å². The Labute approximate surface area is 120 Å². The highest BCUT2D eigenvalue weighted by atomic mass is 16.5. The Hall–Kier alpha value is -1.43. The molecule has 20 heavy (non-hydrogen) atoms. The fourth-order valence-electron chi connectivity index (χ4n) is 2.14. The number of nitrogens with two attached hydrogens (primary N) is 1. The van der Waals surface area contributed by atoms with E-state index >= 15 is 0 Å². The van der Waals surface area contributed by atoms with E-state index in [2.05, 4.69) is 16.3 Å². The molecule has 1 unspecified atom stereocenters. The first-order chi connectivity index (χ1) is 9.70. The van der Waals surface area contributed by atoms with Crippen molar-refractivity contribution in [3.8, 4) is 0 Å². The largest absolute Gasteiger partial charge is 0.379 e. The number of para-hydroxylation sites is 1. The molecule has 5 nitrogen and oxygen atoms in total. The number of carbonyl (C=O) groups is 1. The second-order valence-corrected chi connectivity index (χ2v) is 5.17. The van der Waals surface area contributed by atoms with Gasteiger partial charge in [0.05, 0.1) is 13.2 Å². The predicted molar refractivity (Wildman–Crippen MR) is 79.4 cm³/mol. The molecule has 0 aromatic heterocycles. The lowest BCUT2D eigenvalue weighted by Crippen LogP contribution is -2.36. The Balaban J connectivity index is 2.03. The van der Waals surface area contributed by atoms with Crippen LogP contribution in [-0.4, -0.2) is 43.7 Å². The van der Waals surface area contributed by atoms with Crippen molar-refractivity contribution in [3.05, 3.63) is 29.8 Å². The molecule has 1 amide bonds. The first kappa shape index (κ1) is 15.0. The summed E-state index contributed by atoms with van der Waals surface area (Å²) in [6.07, 6.45) is 0. The maximum Gasteiger partial charge on any atom is 0.228 e. The number of benzene rings is 1. The fourth-order valence-corrected chi connectivity index (χ4v) is 2.14. The summed E-state index contributed by atoms with van der Waals surface area (Å²) < 4.78 is 5.35. The van der Waals surface area contributed by atoms with Gasteiger partial charge in [-0.1, -0.05) is 25.1 Å². The lowest BCUT2D eigenvalue weighted by Gasteiger charge is -2.27. The molecule has 1 atom stereocenters. The molecule has 3 N–H and O–H groups in total. The Bertz CT molecular complexity index is 444. The van der Waals surface area contributed by atoms with Crippen LogP contribution >= 0.6 is 0 Å². The molecule has 0 spiro atoms. The summed E-state index contributed by atoms with van der Waals surface area (Å²) in [5.74, 6) is -0.201. The first-order valence-corrected chi connectivity index (χ1v) is 7.09. The van der Waals surface area contributed by atoms with Gasteiger partial charge in [0.25, 0.3) is 0 Å². The summed E-state index contributed by atoms with van der Waals surface area (Å²) in [6, 6.07) is 7.93. The number of hydrogen-bond acceptors (Lipinski definition) is 4. The minimum absolute atomic E-state index is 0.0260. The van der Waals surface area contributed by atoms with Gasteiger partial charge >= 0.3 is 0 Å². The summed E-state index contributed by atoms with van der Waals surface area (Å²) in [7, 11) is 0. The van der Waals surface area contributed by atoms with Gasteiger partial charge < -0.3 is 15.8 Å². The van der Waals surface area contributed by atoms with Crippen LogP contribution in [-0.2, 0) is 16.1 Å². The zero-order valence-electron chi connectivity index (χ0n) is 12.0. The van der Waals surface area contributed by atoms with E-state index in [4.69, 9.17) is 10.5 Å². The molecular weight excluding hydrogens is 254 g/mol. The monoisotopic (exact) mass is 277 g/mol. The van der Waals surface area contributed by atoms with Crippen molar-refractivity contribution in [1.29, 1.82) is 0 Å². The summed E-state index contributed by atoms with van der Waals surface area (Å²) >= 11 is 0. The molecule has 0 radical (unpaired) electrons. The summed E-state index contributed by atoms with van der Waals surface area (Å²) in [5.41, 5.74) is 7.54. The average molecular weight is 277 g/mol. The molecule has 1 aromatic carbocycles. The van der Waals surface area contributed by atoms with E-state index in [0.29, 0.717) is 6.54 Å². The molecular formula is C15H23N3O2. The van der Waals surface area contributed by atoms with Gasteiger partial charge in [-0.05, 0) is 11.6 Å². The molecule has 1 heterocycles. The molecule has 1 aliphatic rings. The Morgan fingerprint density at radius 2 is 2.10 bits per heavy atom. The number of hydrogen-bond donors (Lipinski definition) is 2. The predicted octanol–water partition coefficient (Wildman–Crippen LogP) is 1.05. The van der Waals surface area contributed by atoms with Crippen molar-refractivity contribution < 1.29 is 9.53 Å². The lowest BCUT2D eigenvalue weighted by molar-refractivity contribution is -0.119. The van der Waals surface area contributed by atoms with Crippen LogP contribution < -0.4 is 11.1 Å². The average Bonchev–Trinajstić information content (AvgIpc) is 2.49. The Morgan fingerprint density at radius 3 is 2.80 bits per heavy atom. The highest BCUT2D eigenvalue weighted by molar-refractivity contribution is 5.93. The molecule has 0 saturated carbocycles. The van der Waals surface area contributed by atoms with Gasteiger partial charge in [0.1, 0.15) is 0 Å². The highest BCUT2D eigenvalue weighted by Gasteiger charge is 2.15. The normalized spacial score (nSPS) is 17.7. The number of ether oxygens (including phenoxy) is 1. The van der Waals surface area contributed by atoms with Crippen molar-refractivity contribution in [3.63, 3.8) is 0 Å². The van der Waals surface area contributed by atoms with E-state index in [1.165, 1.54) is 0 Å². The molecule has 110 valence electrons. The van der Waals surface area contributed by atoms with Crippen molar-refractivity contribution >= 4 is 11.6 Å². The van der Waals surface area contributed by atoms with Gasteiger partial charge in [-0.3, -0.25) is 9.69 Å². The van der Waals surface area contributed by atoms with E-state index in [9.17, 15) is 4.79 Å². The number of amides is 1. The lowest BCUT2D eigenvalue weighted by atomic mass is 10.1. The molecule has 1 fully saturated rings. The Kier molecular flexibility index (Phi) is 5.52. The minimum Gasteiger partial charge on any atom is -0.379 e. The topological polar surface area (TPSA) is 67.6 Å². The van der Waals surface area contributed by atoms with Crippen LogP contribution in [0.3, 0.4) is 0 Å². The van der Waals surface area contributed by atoms with Gasteiger partial charge in [0, 0.05) is 37.8 Å². The van der Waals surface area contributed by atoms with Crippen LogP contribution in [0.15, 0.2) is 24.3 Å². The molecule has 1 saturated heterocycles. The van der Waals surface area contributed by atoms with Crippen molar-refractivity contribution in [1.82, 2.24) is 4.90 Å². The number of rotatable bonds is 5. The molecule has 0 bridgehead atoms. The van der Waals surface area contributed by atoms with Gasteiger partial charge in [0.2, 0.25) is 5.91 Å². The summed E-state index contributed by atoms with van der Waals surface area (Å²) in [6.45, 7) is 6.44. The van der Waals surface area contributed by atoms with Gasteiger partial charge in [-0.25, -0.2) is 0 Å². The highest BCUT2D eigenvalue weighted by Crippen LogP contribution is 2.18. The maximum absolute atomic E-state index is 12.0. The number of nitrogens with one attached hydrogen (secondary N) is 1. The molecule has 1 aliphatic heterocycles. The summed E-state index contributed by atoms with van der Waals surface area (Å²) in [5, 5.41) is 2.97. The number of carbonyl (C=O) groups excluding carboxylic acids is 1. The molecule has 1 aromatic rings. The van der Waals surface area contributed by atoms with E-state index < -0.39 is 0 Å². The third kappa shape index (κ3) is 4.03. The van der Waals surface area contributed by atoms with Gasteiger partial charge in [0.15, 0.2) is 0 Å². The van der Waals surface area contributed by atoms with E-state index in [-0.39, 0.29) is 11.8 Å². The SMILES string of the molecule is CC(CN)C(=O)Nc1ccccc1CN1CCOCC1. The quantitative estimate of drug-likeness (QED) is 0.844. The molecule has 5 heteroatoms. The maximum atomic E-state index is 12.0. The van der Waals surface area contributed by atoms with Crippen LogP contribution in [0.2, 0.25) is 0 Å². The number of anilines is 1. The van der Waals surface area contributed by atoms with E-state index in [1.54, 1.807) is 0 Å². The smallest absolute Gasteiger partial charge is 0.228 e. The first-order valence-electron chi connectivity index (χ1n) is 7.09. The van der Waals surface area contributed by atoms with Crippen LogP contribution in [0, 0.1) is 5.92 Å². The fraction of sp³-hybridized carbons (Fsp3) is 0.533. The molecule has 2 rings (SSSR count).